The minimum absolute atomic E-state index is 0.0352. The van der Waals surface area contributed by atoms with E-state index < -0.39 is 9.84 Å². The first-order valence-electron chi connectivity index (χ1n) is 5.65. The second-order valence-electron chi connectivity index (χ2n) is 4.79. The van der Waals surface area contributed by atoms with Gasteiger partial charge in [-0.25, -0.2) is 8.42 Å². The molecule has 0 aromatic heterocycles. The molecule has 2 rings (SSSR count). The van der Waals surface area contributed by atoms with Gasteiger partial charge in [-0.3, -0.25) is 4.79 Å². The number of nitrogens with one attached hydrogen (secondary N) is 1. The van der Waals surface area contributed by atoms with Gasteiger partial charge in [-0.05, 0) is 12.3 Å². The predicted octanol–water partition coefficient (Wildman–Crippen LogP) is -0.759. The van der Waals surface area contributed by atoms with Crippen molar-refractivity contribution < 1.29 is 13.2 Å². The summed E-state index contributed by atoms with van der Waals surface area (Å²) in [6.07, 6.45) is 1.02. The standard InChI is InChI=1S/C10H18N2O3S/c1-12(9-5-11-6-9)10(13)4-8-2-3-16(14,15)7-8/h8-9,11H,2-7H2,1H3. The Morgan fingerprint density at radius 3 is 2.56 bits per heavy atom. The summed E-state index contributed by atoms with van der Waals surface area (Å²) < 4.78 is 22.5. The molecule has 1 unspecified atom stereocenters. The van der Waals surface area contributed by atoms with E-state index in [1.54, 1.807) is 11.9 Å². The summed E-state index contributed by atoms with van der Waals surface area (Å²) in [6, 6.07) is 0.297. The quantitative estimate of drug-likeness (QED) is 0.711. The van der Waals surface area contributed by atoms with Crippen LogP contribution in [0.2, 0.25) is 0 Å². The van der Waals surface area contributed by atoms with Crippen molar-refractivity contribution in [2.45, 2.75) is 18.9 Å². The van der Waals surface area contributed by atoms with Gasteiger partial charge in [0.2, 0.25) is 5.91 Å². The van der Waals surface area contributed by atoms with Gasteiger partial charge < -0.3 is 10.2 Å². The lowest BCUT2D eigenvalue weighted by Crippen LogP contribution is -2.57. The molecule has 0 aliphatic carbocycles. The molecule has 0 saturated carbocycles. The van der Waals surface area contributed by atoms with Crippen molar-refractivity contribution >= 4 is 15.7 Å². The van der Waals surface area contributed by atoms with Gasteiger partial charge in [-0.2, -0.15) is 0 Å². The summed E-state index contributed by atoms with van der Waals surface area (Å²) in [5.41, 5.74) is 0. The van der Waals surface area contributed by atoms with Crippen molar-refractivity contribution in [1.29, 1.82) is 0 Å². The van der Waals surface area contributed by atoms with Crippen LogP contribution >= 0.6 is 0 Å². The lowest BCUT2D eigenvalue weighted by molar-refractivity contribution is -0.133. The first-order valence-corrected chi connectivity index (χ1v) is 7.47. The van der Waals surface area contributed by atoms with Crippen LogP contribution in [0.5, 0.6) is 0 Å². The van der Waals surface area contributed by atoms with Gasteiger partial charge in [0.05, 0.1) is 17.5 Å². The van der Waals surface area contributed by atoms with Crippen LogP contribution in [0.15, 0.2) is 0 Å². The summed E-state index contributed by atoms with van der Waals surface area (Å²) in [5, 5.41) is 3.11. The molecule has 1 atom stereocenters. The Labute approximate surface area is 96.1 Å². The second kappa shape index (κ2) is 4.33. The fraction of sp³-hybridized carbons (Fsp3) is 0.900. The average molecular weight is 246 g/mol. The molecular formula is C10H18N2O3S. The van der Waals surface area contributed by atoms with E-state index in [1.807, 2.05) is 0 Å². The van der Waals surface area contributed by atoms with E-state index in [9.17, 15) is 13.2 Å². The maximum Gasteiger partial charge on any atom is 0.222 e. The first-order chi connectivity index (χ1) is 7.48. The molecule has 6 heteroatoms. The Kier molecular flexibility index (Phi) is 3.21. The number of rotatable bonds is 3. The van der Waals surface area contributed by atoms with E-state index in [2.05, 4.69) is 5.32 Å². The zero-order valence-corrected chi connectivity index (χ0v) is 10.3. The normalized spacial score (nSPS) is 28.7. The third-order valence-electron chi connectivity index (χ3n) is 3.49. The molecule has 0 radical (unpaired) electrons. The second-order valence-corrected chi connectivity index (χ2v) is 7.02. The molecule has 2 saturated heterocycles. The zero-order chi connectivity index (χ0) is 11.8. The minimum atomic E-state index is -2.86. The number of likely N-dealkylation sites (N-methyl/N-ethyl adjacent to an activating group) is 1. The molecule has 2 aliphatic rings. The SMILES string of the molecule is CN(C(=O)CC1CCS(=O)(=O)C1)C1CNC1. The van der Waals surface area contributed by atoms with Gasteiger partial charge in [0, 0.05) is 26.6 Å². The number of carbonyl (C=O) groups is 1. The minimum Gasteiger partial charge on any atom is -0.340 e. The summed E-state index contributed by atoms with van der Waals surface area (Å²) in [4.78, 5) is 13.6. The maximum atomic E-state index is 11.8. The molecule has 1 N–H and O–H groups in total. The van der Waals surface area contributed by atoms with E-state index in [0.29, 0.717) is 18.9 Å². The molecule has 16 heavy (non-hydrogen) atoms. The largest absolute Gasteiger partial charge is 0.340 e. The third kappa shape index (κ3) is 2.55. The van der Waals surface area contributed by atoms with E-state index in [4.69, 9.17) is 0 Å². The van der Waals surface area contributed by atoms with Crippen LogP contribution in [0.3, 0.4) is 0 Å². The zero-order valence-electron chi connectivity index (χ0n) is 9.48. The molecule has 2 heterocycles. The number of carbonyl (C=O) groups excluding carboxylic acids is 1. The highest BCUT2D eigenvalue weighted by molar-refractivity contribution is 7.91. The van der Waals surface area contributed by atoms with Gasteiger partial charge in [0.25, 0.3) is 0 Å². The van der Waals surface area contributed by atoms with E-state index in [1.165, 1.54) is 0 Å². The highest BCUT2D eigenvalue weighted by Gasteiger charge is 2.32. The molecule has 92 valence electrons. The van der Waals surface area contributed by atoms with Crippen LogP contribution in [0, 0.1) is 5.92 Å². The third-order valence-corrected chi connectivity index (χ3v) is 5.33. The summed E-state index contributed by atoms with van der Waals surface area (Å²) in [5.74, 6) is 0.552. The smallest absolute Gasteiger partial charge is 0.222 e. The Morgan fingerprint density at radius 2 is 2.12 bits per heavy atom. The monoisotopic (exact) mass is 246 g/mol. The van der Waals surface area contributed by atoms with E-state index in [0.717, 1.165) is 13.1 Å². The fourth-order valence-electron chi connectivity index (χ4n) is 2.17. The van der Waals surface area contributed by atoms with Crippen LogP contribution in [-0.4, -0.2) is 56.9 Å². The molecule has 1 amide bonds. The Bertz CT molecular complexity index is 376. The molecule has 2 fully saturated rings. The molecule has 5 nitrogen and oxygen atoms in total. The topological polar surface area (TPSA) is 66.5 Å². The number of hydrogen-bond acceptors (Lipinski definition) is 4. The van der Waals surface area contributed by atoms with Gasteiger partial charge in [-0.15, -0.1) is 0 Å². The maximum absolute atomic E-state index is 11.8. The lowest BCUT2D eigenvalue weighted by atomic mass is 10.0. The van der Waals surface area contributed by atoms with Gasteiger partial charge in [0.1, 0.15) is 0 Å². The molecule has 0 aromatic carbocycles. The summed E-state index contributed by atoms with van der Waals surface area (Å²) in [7, 11) is -1.06. The summed E-state index contributed by atoms with van der Waals surface area (Å²) in [6.45, 7) is 1.70. The Morgan fingerprint density at radius 1 is 1.44 bits per heavy atom. The fourth-order valence-corrected chi connectivity index (χ4v) is 4.04. The van der Waals surface area contributed by atoms with Crippen LogP contribution in [0.1, 0.15) is 12.8 Å². The predicted molar refractivity (Wildman–Crippen MR) is 60.8 cm³/mol. The molecule has 0 aromatic rings. The van der Waals surface area contributed by atoms with Crippen molar-refractivity contribution in [3.63, 3.8) is 0 Å². The molecular weight excluding hydrogens is 228 g/mol. The number of hydrogen-bond donors (Lipinski definition) is 1. The Hall–Kier alpha value is -0.620. The van der Waals surface area contributed by atoms with E-state index in [-0.39, 0.29) is 23.3 Å². The van der Waals surface area contributed by atoms with Crippen molar-refractivity contribution in [3.8, 4) is 0 Å². The van der Waals surface area contributed by atoms with Crippen LogP contribution in [-0.2, 0) is 14.6 Å². The van der Waals surface area contributed by atoms with Crippen molar-refractivity contribution in [2.75, 3.05) is 31.6 Å². The molecule has 0 bridgehead atoms. The first kappa shape index (κ1) is 11.9. The number of sulfone groups is 1. The van der Waals surface area contributed by atoms with Crippen LogP contribution in [0.4, 0.5) is 0 Å². The number of amides is 1. The van der Waals surface area contributed by atoms with Crippen LogP contribution in [0.25, 0.3) is 0 Å². The van der Waals surface area contributed by atoms with Crippen LogP contribution < -0.4 is 5.32 Å². The van der Waals surface area contributed by atoms with Gasteiger partial charge >= 0.3 is 0 Å². The van der Waals surface area contributed by atoms with Crippen molar-refractivity contribution in [3.05, 3.63) is 0 Å². The average Bonchev–Trinajstić information content (AvgIpc) is 2.42. The van der Waals surface area contributed by atoms with Crippen molar-refractivity contribution in [2.24, 2.45) is 5.92 Å². The summed E-state index contributed by atoms with van der Waals surface area (Å²) >= 11 is 0. The highest BCUT2D eigenvalue weighted by atomic mass is 32.2. The molecule has 2 aliphatic heterocycles. The molecule has 0 spiro atoms. The lowest BCUT2D eigenvalue weighted by Gasteiger charge is -2.36. The Balaban J connectivity index is 1.83. The van der Waals surface area contributed by atoms with Gasteiger partial charge in [-0.1, -0.05) is 0 Å². The van der Waals surface area contributed by atoms with Gasteiger partial charge in [0.15, 0.2) is 9.84 Å². The van der Waals surface area contributed by atoms with E-state index >= 15 is 0 Å². The van der Waals surface area contributed by atoms with Crippen molar-refractivity contribution in [1.82, 2.24) is 10.2 Å². The highest BCUT2D eigenvalue weighted by Crippen LogP contribution is 2.22. The number of nitrogens with zero attached hydrogens (tertiary/aromatic N) is 1.